The molecule has 2 heterocycles. The lowest BCUT2D eigenvalue weighted by Crippen LogP contribution is -2.28. The van der Waals surface area contributed by atoms with Gasteiger partial charge in [0.1, 0.15) is 0 Å². The number of pyridine rings is 2. The highest BCUT2D eigenvalue weighted by Crippen LogP contribution is 2.30. The average Bonchev–Trinajstić information content (AvgIpc) is 2.84. The molecule has 33 heavy (non-hydrogen) atoms. The van der Waals surface area contributed by atoms with Crippen molar-refractivity contribution in [2.75, 3.05) is 21.2 Å². The minimum absolute atomic E-state index is 0.330. The zero-order valence-electron chi connectivity index (χ0n) is 19.5. The highest BCUT2D eigenvalue weighted by molar-refractivity contribution is 6.30. The molecule has 0 saturated carbocycles. The van der Waals surface area contributed by atoms with Crippen molar-refractivity contribution in [3.05, 3.63) is 83.3 Å². The first-order chi connectivity index (χ1) is 16.0. The number of hydrogen-bond acceptors (Lipinski definition) is 6. The number of aromatic nitrogens is 2. The fourth-order valence-electron chi connectivity index (χ4n) is 4.32. The third-order valence-electron chi connectivity index (χ3n) is 6.26. The molecule has 1 aliphatic rings. The van der Waals surface area contributed by atoms with E-state index in [1.165, 1.54) is 11.8 Å². The summed E-state index contributed by atoms with van der Waals surface area (Å²) in [5.41, 5.74) is 13.4. The molecule has 1 aliphatic carbocycles. The van der Waals surface area contributed by atoms with Gasteiger partial charge in [0.15, 0.2) is 0 Å². The van der Waals surface area contributed by atoms with E-state index in [9.17, 15) is 0 Å². The van der Waals surface area contributed by atoms with Gasteiger partial charge in [-0.2, -0.15) is 0 Å². The molecular formula is C27H31N5O. The Bertz CT molecular complexity index is 1230. The van der Waals surface area contributed by atoms with Crippen LogP contribution in [0.1, 0.15) is 41.6 Å². The summed E-state index contributed by atoms with van der Waals surface area (Å²) in [5.74, 6) is 0. The van der Waals surface area contributed by atoms with E-state index in [4.69, 9.17) is 20.9 Å². The van der Waals surface area contributed by atoms with Crippen molar-refractivity contribution in [2.24, 2.45) is 5.73 Å². The minimum Gasteiger partial charge on any atom is -0.404 e. The number of ether oxygens (including phenoxy) is 1. The predicted octanol–water partition coefficient (Wildman–Crippen LogP) is 4.64. The molecule has 0 spiro atoms. The smallest absolute Gasteiger partial charge is 0.0900 e. The van der Waals surface area contributed by atoms with Gasteiger partial charge in [0.2, 0.25) is 0 Å². The first kappa shape index (κ1) is 22.8. The molecular weight excluding hydrogens is 410 g/mol. The Kier molecular flexibility index (Phi) is 6.96. The van der Waals surface area contributed by atoms with Gasteiger partial charge in [-0.15, -0.1) is 0 Å². The second kappa shape index (κ2) is 10.1. The van der Waals surface area contributed by atoms with Crippen LogP contribution >= 0.6 is 0 Å². The molecule has 0 bridgehead atoms. The molecule has 3 aromatic rings. The Morgan fingerprint density at radius 3 is 2.76 bits per heavy atom. The molecule has 0 radical (unpaired) electrons. The molecule has 1 unspecified atom stereocenters. The van der Waals surface area contributed by atoms with Crippen LogP contribution in [0.25, 0.3) is 22.2 Å². The number of nitrogens with one attached hydrogen (secondary N) is 1. The number of rotatable bonds is 7. The van der Waals surface area contributed by atoms with Gasteiger partial charge in [0, 0.05) is 36.7 Å². The standard InChI is InChI=1S/C27H31N5O/c1-32(2)22-9-7-19(8-10-22)21-14-26-25(30-16-21)12-11-24(31-26)23(15-28)27(29)20-6-4-5-18(13-20)17-33-3/h4-7,11-16,22,29H,8-10,17,28H2,1-3H3/b23-15-,29-27?. The summed E-state index contributed by atoms with van der Waals surface area (Å²) in [5, 5.41) is 8.76. The molecule has 0 amide bonds. The van der Waals surface area contributed by atoms with Crippen LogP contribution in [-0.4, -0.2) is 47.8 Å². The van der Waals surface area contributed by atoms with Crippen molar-refractivity contribution >= 4 is 27.9 Å². The van der Waals surface area contributed by atoms with Crippen molar-refractivity contribution < 1.29 is 4.74 Å². The van der Waals surface area contributed by atoms with E-state index in [0.717, 1.165) is 47.0 Å². The highest BCUT2D eigenvalue weighted by Gasteiger charge is 2.18. The quantitative estimate of drug-likeness (QED) is 0.522. The van der Waals surface area contributed by atoms with Crippen LogP contribution in [0.4, 0.5) is 0 Å². The van der Waals surface area contributed by atoms with E-state index >= 15 is 0 Å². The monoisotopic (exact) mass is 441 g/mol. The zero-order chi connectivity index (χ0) is 23.4. The minimum atomic E-state index is 0.330. The Hall–Kier alpha value is -3.35. The van der Waals surface area contributed by atoms with E-state index in [2.05, 4.69) is 36.1 Å². The molecule has 0 saturated heterocycles. The summed E-state index contributed by atoms with van der Waals surface area (Å²) in [4.78, 5) is 11.8. The predicted molar refractivity (Wildman–Crippen MR) is 135 cm³/mol. The summed E-state index contributed by atoms with van der Waals surface area (Å²) in [6, 6.07) is 14.3. The third kappa shape index (κ3) is 5.02. The van der Waals surface area contributed by atoms with Crippen molar-refractivity contribution in [1.29, 1.82) is 5.41 Å². The van der Waals surface area contributed by atoms with E-state index in [0.29, 0.717) is 29.6 Å². The summed E-state index contributed by atoms with van der Waals surface area (Å²) < 4.78 is 5.22. The molecule has 170 valence electrons. The van der Waals surface area contributed by atoms with Gasteiger partial charge in [-0.05, 0) is 74.3 Å². The maximum Gasteiger partial charge on any atom is 0.0900 e. The maximum absolute atomic E-state index is 8.76. The molecule has 3 N–H and O–H groups in total. The van der Waals surface area contributed by atoms with Crippen LogP contribution in [0.15, 0.2) is 60.9 Å². The Balaban J connectivity index is 1.64. The first-order valence-electron chi connectivity index (χ1n) is 11.2. The number of benzene rings is 1. The second-order valence-corrected chi connectivity index (χ2v) is 8.67. The number of nitrogens with two attached hydrogens (primary N) is 1. The molecule has 4 rings (SSSR count). The van der Waals surface area contributed by atoms with Gasteiger partial charge in [-0.1, -0.05) is 24.3 Å². The summed E-state index contributed by atoms with van der Waals surface area (Å²) in [6.07, 6.45) is 8.95. The van der Waals surface area contributed by atoms with E-state index in [1.807, 2.05) is 42.6 Å². The van der Waals surface area contributed by atoms with Crippen LogP contribution in [-0.2, 0) is 11.3 Å². The molecule has 6 nitrogen and oxygen atoms in total. The van der Waals surface area contributed by atoms with Gasteiger partial charge in [-0.3, -0.25) is 10.4 Å². The van der Waals surface area contributed by atoms with Crippen LogP contribution in [0.5, 0.6) is 0 Å². The number of hydrogen-bond donors (Lipinski definition) is 2. The fraction of sp³-hybridized carbons (Fsp3) is 0.296. The molecule has 0 fully saturated rings. The number of fused-ring (bicyclic) bond motifs is 1. The molecule has 1 aromatic carbocycles. The number of allylic oxidation sites excluding steroid dienone is 2. The lowest BCUT2D eigenvalue weighted by atomic mass is 9.91. The Labute approximate surface area is 195 Å². The topological polar surface area (TPSA) is 88.1 Å². The molecule has 2 aromatic heterocycles. The molecule has 6 heteroatoms. The van der Waals surface area contributed by atoms with E-state index in [-0.39, 0.29) is 0 Å². The first-order valence-corrected chi connectivity index (χ1v) is 11.2. The maximum atomic E-state index is 8.76. The van der Waals surface area contributed by atoms with E-state index in [1.54, 1.807) is 7.11 Å². The van der Waals surface area contributed by atoms with Crippen molar-refractivity contribution in [2.45, 2.75) is 31.9 Å². The molecule has 1 atom stereocenters. The van der Waals surface area contributed by atoms with Crippen molar-refractivity contribution in [1.82, 2.24) is 14.9 Å². The second-order valence-electron chi connectivity index (χ2n) is 8.67. The normalized spacial score (nSPS) is 16.8. The van der Waals surface area contributed by atoms with Gasteiger partial charge >= 0.3 is 0 Å². The van der Waals surface area contributed by atoms with Gasteiger partial charge < -0.3 is 15.4 Å². The lowest BCUT2D eigenvalue weighted by molar-refractivity contribution is 0.185. The SMILES string of the molecule is COCc1cccc(C(=N)/C(=C\N)c2ccc3ncc(C4=CCC(N(C)C)CC4)cc3n2)c1. The van der Waals surface area contributed by atoms with Gasteiger partial charge in [0.05, 0.1) is 29.0 Å². The van der Waals surface area contributed by atoms with Crippen molar-refractivity contribution in [3.8, 4) is 0 Å². The van der Waals surface area contributed by atoms with Crippen LogP contribution in [0, 0.1) is 5.41 Å². The number of methoxy groups -OCH3 is 1. The average molecular weight is 442 g/mol. The Morgan fingerprint density at radius 2 is 2.06 bits per heavy atom. The molecule has 0 aliphatic heterocycles. The summed E-state index contributed by atoms with van der Waals surface area (Å²) >= 11 is 0. The summed E-state index contributed by atoms with van der Waals surface area (Å²) in [7, 11) is 5.94. The van der Waals surface area contributed by atoms with Crippen molar-refractivity contribution in [3.63, 3.8) is 0 Å². The van der Waals surface area contributed by atoms with Gasteiger partial charge in [-0.25, -0.2) is 4.98 Å². The Morgan fingerprint density at radius 1 is 1.21 bits per heavy atom. The zero-order valence-corrected chi connectivity index (χ0v) is 19.5. The van der Waals surface area contributed by atoms with Crippen LogP contribution in [0.3, 0.4) is 0 Å². The van der Waals surface area contributed by atoms with E-state index < -0.39 is 0 Å². The number of nitrogens with zero attached hydrogens (tertiary/aromatic N) is 3. The van der Waals surface area contributed by atoms with Crippen LogP contribution in [0.2, 0.25) is 0 Å². The summed E-state index contributed by atoms with van der Waals surface area (Å²) in [6.45, 7) is 0.497. The van der Waals surface area contributed by atoms with Gasteiger partial charge in [0.25, 0.3) is 0 Å². The highest BCUT2D eigenvalue weighted by atomic mass is 16.5. The lowest BCUT2D eigenvalue weighted by Gasteiger charge is -2.27. The fourth-order valence-corrected chi connectivity index (χ4v) is 4.32. The third-order valence-corrected chi connectivity index (χ3v) is 6.26. The van der Waals surface area contributed by atoms with Crippen LogP contribution < -0.4 is 5.73 Å². The largest absolute Gasteiger partial charge is 0.404 e.